The Hall–Kier alpha value is -1.59. The van der Waals surface area contributed by atoms with Gasteiger partial charge < -0.3 is 19.5 Å². The number of para-hydroxylation sites is 1. The van der Waals surface area contributed by atoms with Crippen molar-refractivity contribution in [3.63, 3.8) is 0 Å². The van der Waals surface area contributed by atoms with Crippen molar-refractivity contribution in [3.05, 3.63) is 30.3 Å². The third-order valence-corrected chi connectivity index (χ3v) is 2.91. The maximum Gasteiger partial charge on any atom is 0.263 e. The largest absolute Gasteiger partial charge is 0.481 e. The molecule has 0 heterocycles. The Morgan fingerprint density at radius 1 is 1.30 bits per heavy atom. The first kappa shape index (κ1) is 16.5. The third-order valence-electron chi connectivity index (χ3n) is 2.91. The van der Waals surface area contributed by atoms with Crippen LogP contribution in [0.1, 0.15) is 13.3 Å². The van der Waals surface area contributed by atoms with Gasteiger partial charge in [0.1, 0.15) is 5.75 Å². The second-order valence-electron chi connectivity index (χ2n) is 4.37. The molecule has 1 unspecified atom stereocenters. The smallest absolute Gasteiger partial charge is 0.263 e. The molecule has 0 saturated heterocycles. The van der Waals surface area contributed by atoms with Crippen LogP contribution < -0.4 is 4.74 Å². The Balaban J connectivity index is 2.67. The van der Waals surface area contributed by atoms with Gasteiger partial charge in [0.05, 0.1) is 13.2 Å². The van der Waals surface area contributed by atoms with E-state index in [9.17, 15) is 4.79 Å². The number of hydrogen-bond acceptors (Lipinski definition) is 4. The van der Waals surface area contributed by atoms with Gasteiger partial charge in [-0.1, -0.05) is 25.1 Å². The summed E-state index contributed by atoms with van der Waals surface area (Å²) in [6, 6.07) is 9.27. The van der Waals surface area contributed by atoms with Crippen molar-refractivity contribution in [1.29, 1.82) is 0 Å². The van der Waals surface area contributed by atoms with Gasteiger partial charge in [-0.3, -0.25) is 4.79 Å². The molecule has 5 heteroatoms. The SMILES string of the molecule is CCC(Oc1ccccc1)C(=O)N(CCO)CCOC. The fourth-order valence-corrected chi connectivity index (χ4v) is 1.83. The molecule has 0 aliphatic carbocycles. The summed E-state index contributed by atoms with van der Waals surface area (Å²) in [4.78, 5) is 14.0. The number of aliphatic hydroxyl groups is 1. The number of carbonyl (C=O) groups excluding carboxylic acids is 1. The molecule has 0 aliphatic rings. The summed E-state index contributed by atoms with van der Waals surface area (Å²) in [5.74, 6) is 0.547. The Kier molecular flexibility index (Phi) is 7.69. The van der Waals surface area contributed by atoms with E-state index >= 15 is 0 Å². The van der Waals surface area contributed by atoms with Crippen LogP contribution in [0, 0.1) is 0 Å². The highest BCUT2D eigenvalue weighted by atomic mass is 16.5. The Bertz CT molecular complexity index is 383. The van der Waals surface area contributed by atoms with Crippen LogP contribution in [0.25, 0.3) is 0 Å². The minimum Gasteiger partial charge on any atom is -0.481 e. The molecule has 1 atom stereocenters. The molecule has 5 nitrogen and oxygen atoms in total. The molecule has 0 bridgehead atoms. The summed E-state index contributed by atoms with van der Waals surface area (Å²) in [6.45, 7) is 3.01. The topological polar surface area (TPSA) is 59.0 Å². The monoisotopic (exact) mass is 281 g/mol. The number of nitrogens with zero attached hydrogens (tertiary/aromatic N) is 1. The van der Waals surface area contributed by atoms with Gasteiger partial charge in [-0.05, 0) is 18.6 Å². The van der Waals surface area contributed by atoms with E-state index in [-0.39, 0.29) is 19.1 Å². The minimum atomic E-state index is -0.541. The summed E-state index contributed by atoms with van der Waals surface area (Å²) < 4.78 is 10.7. The predicted molar refractivity (Wildman–Crippen MR) is 76.7 cm³/mol. The van der Waals surface area contributed by atoms with Gasteiger partial charge in [-0.25, -0.2) is 0 Å². The number of amides is 1. The molecule has 0 aliphatic heterocycles. The van der Waals surface area contributed by atoms with Gasteiger partial charge in [0.25, 0.3) is 5.91 Å². The van der Waals surface area contributed by atoms with Crippen LogP contribution >= 0.6 is 0 Å². The molecule has 1 aromatic carbocycles. The van der Waals surface area contributed by atoms with Crippen molar-refractivity contribution in [1.82, 2.24) is 4.90 Å². The maximum atomic E-state index is 12.4. The number of rotatable bonds is 9. The molecule has 1 amide bonds. The summed E-state index contributed by atoms with van der Waals surface area (Å²) in [6.07, 6.45) is 0.0311. The molecule has 1 aromatic rings. The number of methoxy groups -OCH3 is 1. The first-order valence-electron chi connectivity index (χ1n) is 6.83. The first-order chi connectivity index (χ1) is 9.72. The van der Waals surface area contributed by atoms with Crippen LogP contribution in [0.3, 0.4) is 0 Å². The lowest BCUT2D eigenvalue weighted by molar-refractivity contribution is -0.140. The highest BCUT2D eigenvalue weighted by Crippen LogP contribution is 2.14. The predicted octanol–water partition coefficient (Wildman–Crippen LogP) is 1.31. The van der Waals surface area contributed by atoms with E-state index in [0.717, 1.165) is 0 Å². The van der Waals surface area contributed by atoms with Crippen LogP contribution in [0.5, 0.6) is 5.75 Å². The van der Waals surface area contributed by atoms with Crippen molar-refractivity contribution in [2.75, 3.05) is 33.4 Å². The molecule has 20 heavy (non-hydrogen) atoms. The van der Waals surface area contributed by atoms with Gasteiger partial charge >= 0.3 is 0 Å². The average molecular weight is 281 g/mol. The zero-order chi connectivity index (χ0) is 14.8. The lowest BCUT2D eigenvalue weighted by Gasteiger charge is -2.26. The number of benzene rings is 1. The molecular weight excluding hydrogens is 258 g/mol. The summed E-state index contributed by atoms with van der Waals surface area (Å²) in [5.41, 5.74) is 0. The van der Waals surface area contributed by atoms with Crippen molar-refractivity contribution in [2.45, 2.75) is 19.4 Å². The van der Waals surface area contributed by atoms with Crippen LogP contribution in [0.15, 0.2) is 30.3 Å². The van der Waals surface area contributed by atoms with E-state index in [1.807, 2.05) is 37.3 Å². The highest BCUT2D eigenvalue weighted by Gasteiger charge is 2.24. The van der Waals surface area contributed by atoms with Gasteiger partial charge in [0.2, 0.25) is 0 Å². The molecule has 0 saturated carbocycles. The molecule has 112 valence electrons. The van der Waals surface area contributed by atoms with Crippen molar-refractivity contribution in [2.24, 2.45) is 0 Å². The van der Waals surface area contributed by atoms with Crippen molar-refractivity contribution in [3.8, 4) is 5.75 Å². The van der Waals surface area contributed by atoms with E-state index in [4.69, 9.17) is 14.6 Å². The third kappa shape index (κ3) is 5.19. The average Bonchev–Trinajstić information content (AvgIpc) is 2.49. The minimum absolute atomic E-state index is 0.0722. The van der Waals surface area contributed by atoms with Crippen LogP contribution in [-0.4, -0.2) is 55.4 Å². The van der Waals surface area contributed by atoms with E-state index in [1.54, 1.807) is 12.0 Å². The fourth-order valence-electron chi connectivity index (χ4n) is 1.83. The molecule has 0 aromatic heterocycles. The molecule has 0 fully saturated rings. The molecular formula is C15H23NO4. The lowest BCUT2D eigenvalue weighted by Crippen LogP contribution is -2.44. The second-order valence-corrected chi connectivity index (χ2v) is 4.37. The highest BCUT2D eigenvalue weighted by molar-refractivity contribution is 5.81. The summed E-state index contributed by atoms with van der Waals surface area (Å²) >= 11 is 0. The van der Waals surface area contributed by atoms with Gasteiger partial charge in [-0.15, -0.1) is 0 Å². The van der Waals surface area contributed by atoms with Gasteiger partial charge in [0, 0.05) is 20.2 Å². The van der Waals surface area contributed by atoms with Crippen molar-refractivity contribution >= 4 is 5.91 Å². The molecule has 0 spiro atoms. The van der Waals surface area contributed by atoms with Crippen LogP contribution in [-0.2, 0) is 9.53 Å². The van der Waals surface area contributed by atoms with E-state index in [1.165, 1.54) is 0 Å². The summed E-state index contributed by atoms with van der Waals surface area (Å²) in [7, 11) is 1.58. The van der Waals surface area contributed by atoms with Crippen LogP contribution in [0.4, 0.5) is 0 Å². The lowest BCUT2D eigenvalue weighted by atomic mass is 10.2. The second kappa shape index (κ2) is 9.34. The Labute approximate surface area is 120 Å². The normalized spacial score (nSPS) is 11.9. The van der Waals surface area contributed by atoms with E-state index in [2.05, 4.69) is 0 Å². The summed E-state index contributed by atoms with van der Waals surface area (Å²) in [5, 5.41) is 9.05. The Morgan fingerprint density at radius 3 is 2.55 bits per heavy atom. The first-order valence-corrected chi connectivity index (χ1v) is 6.83. The van der Waals surface area contributed by atoms with E-state index in [0.29, 0.717) is 25.3 Å². The zero-order valence-electron chi connectivity index (χ0n) is 12.1. The number of ether oxygens (including phenoxy) is 2. The standard InChI is InChI=1S/C15H23NO4/c1-3-14(20-13-7-5-4-6-8-13)15(18)16(9-11-17)10-12-19-2/h4-8,14,17H,3,9-12H2,1-2H3. The maximum absolute atomic E-state index is 12.4. The number of hydrogen-bond donors (Lipinski definition) is 1. The molecule has 1 rings (SSSR count). The number of aliphatic hydroxyl groups excluding tert-OH is 1. The quantitative estimate of drug-likeness (QED) is 0.741. The van der Waals surface area contributed by atoms with E-state index < -0.39 is 6.10 Å². The molecule has 0 radical (unpaired) electrons. The Morgan fingerprint density at radius 2 is 2.00 bits per heavy atom. The van der Waals surface area contributed by atoms with Crippen molar-refractivity contribution < 1.29 is 19.4 Å². The zero-order valence-corrected chi connectivity index (χ0v) is 12.1. The molecule has 1 N–H and O–H groups in total. The van der Waals surface area contributed by atoms with Gasteiger partial charge in [-0.2, -0.15) is 0 Å². The van der Waals surface area contributed by atoms with Crippen LogP contribution in [0.2, 0.25) is 0 Å². The van der Waals surface area contributed by atoms with Gasteiger partial charge in [0.15, 0.2) is 6.10 Å². The number of carbonyl (C=O) groups is 1. The fraction of sp³-hybridized carbons (Fsp3) is 0.533.